The van der Waals surface area contributed by atoms with Crippen LogP contribution in [-0.4, -0.2) is 86.1 Å². The second-order valence-corrected chi connectivity index (χ2v) is 12.6. The summed E-state index contributed by atoms with van der Waals surface area (Å²) in [7, 11) is 0. The molecule has 0 saturated heterocycles. The van der Waals surface area contributed by atoms with E-state index in [4.69, 9.17) is 20.9 Å². The summed E-state index contributed by atoms with van der Waals surface area (Å²) in [4.78, 5) is 52.0. The lowest BCUT2D eigenvalue weighted by molar-refractivity contribution is -0.126. The molecular formula is C32H46N6O6. The Labute approximate surface area is 259 Å². The Morgan fingerprint density at radius 3 is 1.36 bits per heavy atom. The maximum atomic E-state index is 13.6. The van der Waals surface area contributed by atoms with Crippen LogP contribution in [0.4, 0.5) is 11.4 Å². The predicted molar refractivity (Wildman–Crippen MR) is 170 cm³/mol. The number of rotatable bonds is 14. The van der Waals surface area contributed by atoms with E-state index >= 15 is 0 Å². The molecule has 2 amide bonds. The van der Waals surface area contributed by atoms with Crippen LogP contribution in [0.5, 0.6) is 0 Å². The largest absolute Gasteiger partial charge is 0.383 e. The third-order valence-corrected chi connectivity index (χ3v) is 6.62. The van der Waals surface area contributed by atoms with Crippen molar-refractivity contribution in [2.45, 2.75) is 64.8 Å². The molecule has 3 rings (SSSR count). The highest BCUT2D eigenvalue weighted by molar-refractivity contribution is 6.31. The Balaban J connectivity index is 1.67. The molecule has 0 spiro atoms. The normalized spacial score (nSPS) is 14.3. The van der Waals surface area contributed by atoms with E-state index in [2.05, 4.69) is 21.3 Å². The molecule has 8 N–H and O–H groups in total. The summed E-state index contributed by atoms with van der Waals surface area (Å²) in [6.07, 6.45) is 0. The zero-order chi connectivity index (χ0) is 32.7. The minimum atomic E-state index is -0.819. The zero-order valence-electron chi connectivity index (χ0n) is 26.5. The number of ketones is 2. The van der Waals surface area contributed by atoms with E-state index in [-0.39, 0.29) is 73.9 Å². The number of benzene rings is 2. The van der Waals surface area contributed by atoms with Gasteiger partial charge in [-0.15, -0.1) is 0 Å². The minimum absolute atomic E-state index is 0.0862. The monoisotopic (exact) mass is 610 g/mol. The van der Waals surface area contributed by atoms with Gasteiger partial charge < -0.3 is 42.2 Å². The van der Waals surface area contributed by atoms with Crippen molar-refractivity contribution in [3.8, 4) is 0 Å². The smallest absolute Gasteiger partial charge is 0.239 e. The Bertz CT molecular complexity index is 1260. The molecule has 44 heavy (non-hydrogen) atoms. The number of hydrogen-bond acceptors (Lipinski definition) is 10. The second-order valence-electron chi connectivity index (χ2n) is 12.6. The fraction of sp³-hybridized carbons (Fsp3) is 0.500. The molecule has 1 aliphatic rings. The molecule has 0 aromatic heterocycles. The minimum Gasteiger partial charge on any atom is -0.383 e. The quantitative estimate of drug-likeness (QED) is 0.147. The van der Waals surface area contributed by atoms with Crippen molar-refractivity contribution in [2.75, 3.05) is 50.0 Å². The second kappa shape index (κ2) is 14.8. The summed E-state index contributed by atoms with van der Waals surface area (Å²) in [5, 5.41) is 11.9. The van der Waals surface area contributed by atoms with Crippen molar-refractivity contribution in [1.82, 2.24) is 10.6 Å². The first-order valence-electron chi connectivity index (χ1n) is 14.8. The van der Waals surface area contributed by atoms with E-state index in [1.54, 1.807) is 36.4 Å². The van der Waals surface area contributed by atoms with Gasteiger partial charge in [-0.3, -0.25) is 19.2 Å². The average molecular weight is 611 g/mol. The van der Waals surface area contributed by atoms with E-state index < -0.39 is 23.3 Å². The number of ether oxygens (including phenoxy) is 2. The summed E-state index contributed by atoms with van der Waals surface area (Å²) >= 11 is 0. The first kappa shape index (κ1) is 34.6. The van der Waals surface area contributed by atoms with Crippen molar-refractivity contribution in [3.05, 3.63) is 58.7 Å². The maximum Gasteiger partial charge on any atom is 0.239 e. The van der Waals surface area contributed by atoms with Crippen LogP contribution in [0.3, 0.4) is 0 Å². The number of carbonyl (C=O) groups excluding carboxylic acids is 4. The fourth-order valence-corrected chi connectivity index (χ4v) is 4.38. The molecule has 0 aliphatic heterocycles. The zero-order valence-corrected chi connectivity index (χ0v) is 26.5. The molecule has 2 aromatic rings. The van der Waals surface area contributed by atoms with Crippen LogP contribution < -0.4 is 32.7 Å². The highest BCUT2D eigenvalue weighted by atomic mass is 16.5. The number of amides is 2. The first-order chi connectivity index (χ1) is 20.6. The molecule has 0 bridgehead atoms. The third-order valence-electron chi connectivity index (χ3n) is 6.62. The van der Waals surface area contributed by atoms with E-state index in [0.717, 1.165) is 0 Å². The highest BCUT2D eigenvalue weighted by Crippen LogP contribution is 2.36. The van der Waals surface area contributed by atoms with Gasteiger partial charge in [-0.1, -0.05) is 24.3 Å². The van der Waals surface area contributed by atoms with Gasteiger partial charge in [-0.2, -0.15) is 0 Å². The number of carbonyl (C=O) groups is 4. The van der Waals surface area contributed by atoms with Gasteiger partial charge in [0.25, 0.3) is 0 Å². The molecule has 0 heterocycles. The van der Waals surface area contributed by atoms with E-state index in [0.29, 0.717) is 22.5 Å². The SMILES string of the molecule is CC(C)(C)OC[C@H](N)C(=O)NCCNc1ccc(NCCNC(=O)[C@@H](N)COC(C)(C)C)c2c1C(=O)c1ccccc1C2=O. The van der Waals surface area contributed by atoms with E-state index in [1.165, 1.54) is 0 Å². The van der Waals surface area contributed by atoms with Gasteiger partial charge in [-0.25, -0.2) is 0 Å². The Morgan fingerprint density at radius 1 is 0.659 bits per heavy atom. The lowest BCUT2D eigenvalue weighted by atomic mass is 9.82. The van der Waals surface area contributed by atoms with Crippen molar-refractivity contribution in [3.63, 3.8) is 0 Å². The topological polar surface area (TPSA) is 187 Å². The van der Waals surface area contributed by atoms with Gasteiger partial charge >= 0.3 is 0 Å². The van der Waals surface area contributed by atoms with Crippen LogP contribution in [0.25, 0.3) is 0 Å². The molecule has 2 aromatic carbocycles. The van der Waals surface area contributed by atoms with Gasteiger partial charge in [0.2, 0.25) is 11.8 Å². The summed E-state index contributed by atoms with van der Waals surface area (Å²) < 4.78 is 11.2. The van der Waals surface area contributed by atoms with Crippen LogP contribution in [0.1, 0.15) is 73.4 Å². The molecule has 0 saturated carbocycles. The highest BCUT2D eigenvalue weighted by Gasteiger charge is 2.34. The lowest BCUT2D eigenvalue weighted by Gasteiger charge is -2.24. The first-order valence-corrected chi connectivity index (χ1v) is 14.8. The van der Waals surface area contributed by atoms with Gasteiger partial charge in [0.05, 0.1) is 35.5 Å². The molecule has 240 valence electrons. The molecular weight excluding hydrogens is 564 g/mol. The maximum absolute atomic E-state index is 13.6. The van der Waals surface area contributed by atoms with Crippen molar-refractivity contribution >= 4 is 34.8 Å². The average Bonchev–Trinajstić information content (AvgIpc) is 2.96. The van der Waals surface area contributed by atoms with Crippen LogP contribution in [0.2, 0.25) is 0 Å². The van der Waals surface area contributed by atoms with Gasteiger partial charge in [0.15, 0.2) is 11.6 Å². The number of nitrogens with one attached hydrogen (secondary N) is 4. The summed E-state index contributed by atoms with van der Waals surface area (Å²) in [5.74, 6) is -1.28. The molecule has 1 aliphatic carbocycles. The lowest BCUT2D eigenvalue weighted by Crippen LogP contribution is -2.46. The van der Waals surface area contributed by atoms with Crippen molar-refractivity contribution < 1.29 is 28.7 Å². The Morgan fingerprint density at radius 2 is 1.02 bits per heavy atom. The van der Waals surface area contributed by atoms with Crippen LogP contribution >= 0.6 is 0 Å². The number of nitrogens with two attached hydrogens (primary N) is 2. The van der Waals surface area contributed by atoms with Crippen LogP contribution in [0.15, 0.2) is 36.4 Å². The summed E-state index contributed by atoms with van der Waals surface area (Å²) in [6.45, 7) is 12.5. The van der Waals surface area contributed by atoms with Gasteiger partial charge in [0, 0.05) is 48.7 Å². The summed E-state index contributed by atoms with van der Waals surface area (Å²) in [6, 6.07) is 8.48. The molecule has 12 heteroatoms. The summed E-state index contributed by atoms with van der Waals surface area (Å²) in [5.41, 5.74) is 13.1. The van der Waals surface area contributed by atoms with Crippen LogP contribution in [0, 0.1) is 0 Å². The predicted octanol–water partition coefficient (Wildman–Crippen LogP) is 1.80. The third kappa shape index (κ3) is 9.58. The number of anilines is 2. The molecule has 0 fully saturated rings. The number of hydrogen-bond donors (Lipinski definition) is 6. The molecule has 2 atom stereocenters. The molecule has 0 radical (unpaired) electrons. The van der Waals surface area contributed by atoms with E-state index in [1.807, 2.05) is 41.5 Å². The Kier molecular flexibility index (Phi) is 11.6. The number of fused-ring (bicyclic) bond motifs is 2. The molecule has 12 nitrogen and oxygen atoms in total. The Hall–Kier alpha value is -3.84. The van der Waals surface area contributed by atoms with Crippen molar-refractivity contribution in [2.24, 2.45) is 11.5 Å². The van der Waals surface area contributed by atoms with Crippen LogP contribution in [-0.2, 0) is 19.1 Å². The molecule has 0 unspecified atom stereocenters. The fourth-order valence-electron chi connectivity index (χ4n) is 4.38. The standard InChI is InChI=1S/C32H46N6O6/c1-31(2,3)43-17-21(33)29(41)37-15-13-35-23-11-12-24(36-14-16-38-30(42)22(34)18-44-32(4,5)6)26-25(23)27(39)19-9-7-8-10-20(19)28(26)40/h7-12,21-22,35-36H,13-18,33-34H2,1-6H3,(H,37,41)(H,38,42)/t21-,22-/m0/s1. The van der Waals surface area contributed by atoms with Gasteiger partial charge in [0.1, 0.15) is 12.1 Å². The van der Waals surface area contributed by atoms with Gasteiger partial charge in [-0.05, 0) is 53.7 Å². The van der Waals surface area contributed by atoms with E-state index in [9.17, 15) is 19.2 Å². The van der Waals surface area contributed by atoms with Crippen molar-refractivity contribution in [1.29, 1.82) is 0 Å².